The van der Waals surface area contributed by atoms with E-state index in [0.29, 0.717) is 5.92 Å². The fourth-order valence-corrected chi connectivity index (χ4v) is 2.67. The fraction of sp³-hybridized carbons (Fsp3) is 0.875. The predicted octanol–water partition coefficient (Wildman–Crippen LogP) is 2.58. The molecule has 0 radical (unpaired) electrons. The number of nitrogens with zero attached hydrogens (tertiary/aromatic N) is 1. The molecular weight excluding hydrogens is 252 g/mol. The van der Waals surface area contributed by atoms with Crippen LogP contribution in [0.3, 0.4) is 0 Å². The van der Waals surface area contributed by atoms with Gasteiger partial charge in [0.15, 0.2) is 0 Å². The topological polar surface area (TPSA) is 49.4 Å². The monoisotopic (exact) mass is 282 g/mol. The van der Waals surface area contributed by atoms with Crippen LogP contribution in [0.5, 0.6) is 0 Å². The van der Waals surface area contributed by atoms with Gasteiger partial charge in [0.2, 0.25) is 11.8 Å². The normalized spacial score (nSPS) is 21.9. The molecule has 0 aromatic rings. The molecule has 1 heterocycles. The first-order valence-electron chi connectivity index (χ1n) is 7.87. The zero-order chi connectivity index (χ0) is 15.3. The van der Waals surface area contributed by atoms with Gasteiger partial charge in [-0.2, -0.15) is 0 Å². The Hall–Kier alpha value is -1.06. The molecule has 116 valence electrons. The summed E-state index contributed by atoms with van der Waals surface area (Å²) in [7, 11) is 0. The second-order valence-corrected chi connectivity index (χ2v) is 7.00. The van der Waals surface area contributed by atoms with Crippen molar-refractivity contribution in [1.82, 2.24) is 10.2 Å². The summed E-state index contributed by atoms with van der Waals surface area (Å²) in [6.45, 7) is 11.3. The zero-order valence-corrected chi connectivity index (χ0v) is 13.7. The summed E-state index contributed by atoms with van der Waals surface area (Å²) in [6, 6.07) is -0.396. The third-order valence-corrected chi connectivity index (χ3v) is 4.09. The van der Waals surface area contributed by atoms with E-state index in [0.717, 1.165) is 19.4 Å². The average Bonchev–Trinajstić information content (AvgIpc) is 2.36. The van der Waals surface area contributed by atoms with E-state index in [-0.39, 0.29) is 23.8 Å². The summed E-state index contributed by atoms with van der Waals surface area (Å²) >= 11 is 0. The predicted molar refractivity (Wildman–Crippen MR) is 81.3 cm³/mol. The van der Waals surface area contributed by atoms with Crippen molar-refractivity contribution in [3.63, 3.8) is 0 Å². The quantitative estimate of drug-likeness (QED) is 0.814. The first-order chi connectivity index (χ1) is 9.29. The number of carbonyl (C=O) groups excluding carboxylic acids is 2. The first-order valence-corrected chi connectivity index (χ1v) is 7.87. The second kappa shape index (κ2) is 7.09. The number of hydrogen-bond acceptors (Lipinski definition) is 2. The van der Waals surface area contributed by atoms with Crippen molar-refractivity contribution in [1.29, 1.82) is 0 Å². The molecule has 1 rings (SSSR count). The van der Waals surface area contributed by atoms with Crippen LogP contribution in [0.25, 0.3) is 0 Å². The summed E-state index contributed by atoms with van der Waals surface area (Å²) in [5.41, 5.74) is -0.240. The molecule has 0 aliphatic carbocycles. The maximum Gasteiger partial charge on any atom is 0.246 e. The van der Waals surface area contributed by atoms with Crippen molar-refractivity contribution >= 4 is 11.8 Å². The van der Waals surface area contributed by atoms with Crippen molar-refractivity contribution in [2.24, 2.45) is 11.3 Å². The molecule has 1 fully saturated rings. The molecule has 0 saturated carbocycles. The van der Waals surface area contributed by atoms with Crippen molar-refractivity contribution in [3.8, 4) is 0 Å². The summed E-state index contributed by atoms with van der Waals surface area (Å²) in [5.74, 6) is 0.548. The van der Waals surface area contributed by atoms with E-state index in [9.17, 15) is 9.59 Å². The Morgan fingerprint density at radius 2 is 1.95 bits per heavy atom. The third kappa shape index (κ3) is 4.50. The van der Waals surface area contributed by atoms with E-state index in [1.54, 1.807) is 4.90 Å². The standard InChI is InChI=1S/C16H30N2O2/c1-6-8-9-12(7-2)10-18-11-13(19)17-14(15(18)20)16(3,4)5/h12,14H,6-11H2,1-5H3,(H,17,19). The van der Waals surface area contributed by atoms with E-state index in [2.05, 4.69) is 19.2 Å². The molecular formula is C16H30N2O2. The molecule has 2 atom stereocenters. The van der Waals surface area contributed by atoms with Gasteiger partial charge in [0, 0.05) is 6.54 Å². The Kier molecular flexibility index (Phi) is 6.03. The number of rotatable bonds is 6. The lowest BCUT2D eigenvalue weighted by Gasteiger charge is -2.40. The van der Waals surface area contributed by atoms with Gasteiger partial charge in [0.25, 0.3) is 0 Å². The molecule has 0 bridgehead atoms. The summed E-state index contributed by atoms with van der Waals surface area (Å²) < 4.78 is 0. The maximum atomic E-state index is 12.6. The number of hydrogen-bond donors (Lipinski definition) is 1. The highest BCUT2D eigenvalue weighted by Crippen LogP contribution is 2.24. The first kappa shape index (κ1) is 17.0. The lowest BCUT2D eigenvalue weighted by atomic mass is 9.84. The Morgan fingerprint density at radius 1 is 1.30 bits per heavy atom. The summed E-state index contributed by atoms with van der Waals surface area (Å²) in [4.78, 5) is 26.2. The van der Waals surface area contributed by atoms with Crippen molar-refractivity contribution in [3.05, 3.63) is 0 Å². The van der Waals surface area contributed by atoms with Crippen LogP contribution in [-0.2, 0) is 9.59 Å². The van der Waals surface area contributed by atoms with Crippen LogP contribution < -0.4 is 5.32 Å². The van der Waals surface area contributed by atoms with Gasteiger partial charge in [-0.1, -0.05) is 53.9 Å². The SMILES string of the molecule is CCCCC(CC)CN1CC(=O)NC(C(C)(C)C)C1=O. The Bertz CT molecular complexity index is 347. The van der Waals surface area contributed by atoms with Crippen LogP contribution in [-0.4, -0.2) is 35.8 Å². The maximum absolute atomic E-state index is 12.6. The van der Waals surface area contributed by atoms with E-state index in [1.807, 2.05) is 20.8 Å². The molecule has 0 aromatic heterocycles. The van der Waals surface area contributed by atoms with Gasteiger partial charge >= 0.3 is 0 Å². The third-order valence-electron chi connectivity index (χ3n) is 4.09. The van der Waals surface area contributed by atoms with Crippen LogP contribution in [0.1, 0.15) is 60.3 Å². The minimum atomic E-state index is -0.396. The molecule has 20 heavy (non-hydrogen) atoms. The molecule has 1 aliphatic heterocycles. The Balaban J connectivity index is 2.72. The zero-order valence-electron chi connectivity index (χ0n) is 13.7. The minimum absolute atomic E-state index is 0.0325. The van der Waals surface area contributed by atoms with E-state index in [1.165, 1.54) is 12.8 Å². The van der Waals surface area contributed by atoms with Gasteiger partial charge in [-0.15, -0.1) is 0 Å². The van der Waals surface area contributed by atoms with Crippen LogP contribution in [0, 0.1) is 11.3 Å². The van der Waals surface area contributed by atoms with Gasteiger partial charge in [-0.3, -0.25) is 9.59 Å². The molecule has 0 spiro atoms. The summed E-state index contributed by atoms with van der Waals surface area (Å²) in [5, 5.41) is 2.84. The number of carbonyl (C=O) groups is 2. The summed E-state index contributed by atoms with van der Waals surface area (Å²) in [6.07, 6.45) is 4.56. The van der Waals surface area contributed by atoms with Crippen LogP contribution in [0.2, 0.25) is 0 Å². The van der Waals surface area contributed by atoms with Crippen LogP contribution in [0.4, 0.5) is 0 Å². The van der Waals surface area contributed by atoms with Gasteiger partial charge in [0.1, 0.15) is 6.04 Å². The molecule has 1 aliphatic rings. The van der Waals surface area contributed by atoms with E-state index >= 15 is 0 Å². The van der Waals surface area contributed by atoms with E-state index < -0.39 is 6.04 Å². The van der Waals surface area contributed by atoms with Crippen LogP contribution in [0.15, 0.2) is 0 Å². The largest absolute Gasteiger partial charge is 0.342 e. The van der Waals surface area contributed by atoms with Crippen molar-refractivity contribution in [2.75, 3.05) is 13.1 Å². The fourth-order valence-electron chi connectivity index (χ4n) is 2.67. The van der Waals surface area contributed by atoms with Gasteiger partial charge in [-0.05, 0) is 17.8 Å². The number of piperazine rings is 1. The van der Waals surface area contributed by atoms with Crippen molar-refractivity contribution < 1.29 is 9.59 Å². The molecule has 2 unspecified atom stereocenters. The Labute approximate surface area is 123 Å². The van der Waals surface area contributed by atoms with Crippen molar-refractivity contribution in [2.45, 2.75) is 66.3 Å². The smallest absolute Gasteiger partial charge is 0.246 e. The lowest BCUT2D eigenvalue weighted by molar-refractivity contribution is -0.148. The van der Waals surface area contributed by atoms with Gasteiger partial charge in [0.05, 0.1) is 6.54 Å². The highest BCUT2D eigenvalue weighted by atomic mass is 16.2. The molecule has 4 nitrogen and oxygen atoms in total. The van der Waals surface area contributed by atoms with Gasteiger partial charge < -0.3 is 10.2 Å². The van der Waals surface area contributed by atoms with Crippen LogP contribution >= 0.6 is 0 Å². The van der Waals surface area contributed by atoms with E-state index in [4.69, 9.17) is 0 Å². The number of unbranched alkanes of at least 4 members (excludes halogenated alkanes) is 1. The number of amides is 2. The minimum Gasteiger partial charge on any atom is -0.342 e. The number of nitrogens with one attached hydrogen (secondary N) is 1. The molecule has 1 N–H and O–H groups in total. The molecule has 4 heteroatoms. The molecule has 2 amide bonds. The lowest BCUT2D eigenvalue weighted by Crippen LogP contribution is -2.62. The second-order valence-electron chi connectivity index (χ2n) is 7.00. The Morgan fingerprint density at radius 3 is 2.45 bits per heavy atom. The molecule has 0 aromatic carbocycles. The highest BCUT2D eigenvalue weighted by molar-refractivity contribution is 5.95. The molecule has 1 saturated heterocycles. The van der Waals surface area contributed by atoms with Gasteiger partial charge in [-0.25, -0.2) is 0 Å². The highest BCUT2D eigenvalue weighted by Gasteiger charge is 2.40. The average molecular weight is 282 g/mol.